The summed E-state index contributed by atoms with van der Waals surface area (Å²) >= 11 is 0. The highest BCUT2D eigenvalue weighted by molar-refractivity contribution is 5.89. The van der Waals surface area contributed by atoms with Crippen LogP contribution in [0.3, 0.4) is 0 Å². The number of hydrogen-bond donors (Lipinski definition) is 0. The molecule has 0 atom stereocenters. The van der Waals surface area contributed by atoms with E-state index < -0.39 is 0 Å². The summed E-state index contributed by atoms with van der Waals surface area (Å²) in [6, 6.07) is 24.5. The maximum atomic E-state index is 4.33. The zero-order valence-corrected chi connectivity index (χ0v) is 16.3. The molecule has 0 bridgehead atoms. The lowest BCUT2D eigenvalue weighted by Crippen LogP contribution is -1.92. The van der Waals surface area contributed by atoms with Gasteiger partial charge in [0.15, 0.2) is 0 Å². The summed E-state index contributed by atoms with van der Waals surface area (Å²) in [5, 5.41) is 0. The Morgan fingerprint density at radius 3 is 2.44 bits per heavy atom. The van der Waals surface area contributed by atoms with Crippen molar-refractivity contribution >= 4 is 17.2 Å². The average molecular weight is 351 g/mol. The van der Waals surface area contributed by atoms with Crippen LogP contribution in [0.5, 0.6) is 0 Å². The zero-order valence-electron chi connectivity index (χ0n) is 16.3. The van der Waals surface area contributed by atoms with E-state index in [9.17, 15) is 0 Å². The Bertz CT molecular complexity index is 1020. The van der Waals surface area contributed by atoms with Crippen molar-refractivity contribution in [3.05, 3.63) is 112 Å². The van der Waals surface area contributed by atoms with Crippen LogP contribution in [0.1, 0.15) is 45.9 Å². The second kappa shape index (κ2) is 7.40. The highest BCUT2D eigenvalue weighted by Crippen LogP contribution is 2.33. The molecule has 27 heavy (non-hydrogen) atoms. The maximum absolute atomic E-state index is 4.33. The van der Waals surface area contributed by atoms with Gasteiger partial charge in [-0.3, -0.25) is 0 Å². The molecule has 0 radical (unpaired) electrons. The molecule has 3 aromatic rings. The van der Waals surface area contributed by atoms with Crippen LogP contribution in [-0.2, 0) is 19.3 Å². The Balaban J connectivity index is 1.53. The molecule has 1 aliphatic carbocycles. The first kappa shape index (κ1) is 17.5. The Morgan fingerprint density at radius 1 is 0.926 bits per heavy atom. The number of aryl methyl sites for hydroxylation is 2. The second-order valence-corrected chi connectivity index (χ2v) is 7.58. The van der Waals surface area contributed by atoms with Crippen molar-refractivity contribution in [2.75, 3.05) is 0 Å². The third-order valence-corrected chi connectivity index (χ3v) is 5.50. The molecule has 0 spiro atoms. The van der Waals surface area contributed by atoms with Gasteiger partial charge in [0.05, 0.1) is 0 Å². The minimum atomic E-state index is 0.895. The predicted octanol–water partition coefficient (Wildman–Crippen LogP) is 6.91. The van der Waals surface area contributed by atoms with Gasteiger partial charge in [0, 0.05) is 0 Å². The van der Waals surface area contributed by atoms with Gasteiger partial charge < -0.3 is 0 Å². The summed E-state index contributed by atoms with van der Waals surface area (Å²) in [4.78, 5) is 0. The summed E-state index contributed by atoms with van der Waals surface area (Å²) in [6.45, 7) is 8.67. The smallest absolute Gasteiger partial charge is 0.00137 e. The third kappa shape index (κ3) is 3.80. The van der Waals surface area contributed by atoms with Crippen molar-refractivity contribution in [1.29, 1.82) is 0 Å². The normalized spacial score (nSPS) is 12.6. The molecule has 0 aromatic heterocycles. The molecular weight excluding hydrogens is 324 g/mol. The van der Waals surface area contributed by atoms with Crippen LogP contribution in [0.2, 0.25) is 0 Å². The molecule has 0 heterocycles. The van der Waals surface area contributed by atoms with E-state index in [2.05, 4.69) is 93.2 Å². The quantitative estimate of drug-likeness (QED) is 0.469. The van der Waals surface area contributed by atoms with Gasteiger partial charge in [-0.1, -0.05) is 91.9 Å². The fraction of sp³-hybridized carbons (Fsp3) is 0.185. The Labute approximate surface area is 162 Å². The average Bonchev–Trinajstić information content (AvgIpc) is 3.11. The molecule has 0 fully saturated rings. The largest absolute Gasteiger partial charge is 0.0949 e. The molecular formula is C27H26. The van der Waals surface area contributed by atoms with Crippen LogP contribution in [0.15, 0.2) is 73.3 Å². The standard InChI is InChI=1S/C27H26/c1-4-21-8-11-23(12-9-21)20(3)15-22-10-13-25-17-27(18-26(25)16-22)24-7-5-6-19(2)14-24/h5-14,16,18H,3-4,15,17H2,1-2H3. The maximum Gasteiger partial charge on any atom is -0.00137 e. The van der Waals surface area contributed by atoms with Crippen LogP contribution in [-0.4, -0.2) is 0 Å². The molecule has 0 N–H and O–H groups in total. The number of benzene rings is 3. The number of rotatable bonds is 5. The topological polar surface area (TPSA) is 0 Å². The van der Waals surface area contributed by atoms with E-state index in [1.54, 1.807) is 0 Å². The van der Waals surface area contributed by atoms with Gasteiger partial charge in [0.25, 0.3) is 0 Å². The van der Waals surface area contributed by atoms with Crippen molar-refractivity contribution in [2.45, 2.75) is 33.1 Å². The number of fused-ring (bicyclic) bond motifs is 1. The van der Waals surface area contributed by atoms with Crippen LogP contribution in [0.25, 0.3) is 17.2 Å². The molecule has 0 aliphatic heterocycles. The second-order valence-electron chi connectivity index (χ2n) is 7.58. The van der Waals surface area contributed by atoms with Gasteiger partial charge in [-0.25, -0.2) is 0 Å². The van der Waals surface area contributed by atoms with Gasteiger partial charge in [-0.05, 0) is 70.7 Å². The Kier molecular flexibility index (Phi) is 4.81. The van der Waals surface area contributed by atoms with Crippen molar-refractivity contribution in [3.63, 3.8) is 0 Å². The van der Waals surface area contributed by atoms with Crippen molar-refractivity contribution in [1.82, 2.24) is 0 Å². The first-order valence-corrected chi connectivity index (χ1v) is 9.79. The van der Waals surface area contributed by atoms with E-state index in [-0.39, 0.29) is 0 Å². The monoisotopic (exact) mass is 350 g/mol. The van der Waals surface area contributed by atoms with Gasteiger partial charge in [-0.2, -0.15) is 0 Å². The van der Waals surface area contributed by atoms with Gasteiger partial charge in [0.2, 0.25) is 0 Å². The van der Waals surface area contributed by atoms with Gasteiger partial charge in [0.1, 0.15) is 0 Å². The predicted molar refractivity (Wildman–Crippen MR) is 118 cm³/mol. The minimum absolute atomic E-state index is 0.895. The SMILES string of the molecule is C=C(Cc1ccc2c(c1)C=C(c1cccc(C)c1)C2)c1ccc(CC)cc1. The fourth-order valence-electron chi connectivity index (χ4n) is 3.85. The lowest BCUT2D eigenvalue weighted by molar-refractivity contribution is 1.14. The lowest BCUT2D eigenvalue weighted by Gasteiger charge is -2.09. The van der Waals surface area contributed by atoms with Crippen LogP contribution < -0.4 is 0 Å². The molecule has 3 aromatic carbocycles. The molecule has 0 nitrogen and oxygen atoms in total. The Hall–Kier alpha value is -2.86. The summed E-state index contributed by atoms with van der Waals surface area (Å²) in [6.07, 6.45) is 5.35. The highest BCUT2D eigenvalue weighted by Gasteiger charge is 2.15. The molecule has 0 heteroatoms. The van der Waals surface area contributed by atoms with Crippen molar-refractivity contribution in [2.24, 2.45) is 0 Å². The summed E-state index contributed by atoms with van der Waals surface area (Å²) in [5.74, 6) is 0. The van der Waals surface area contributed by atoms with Crippen LogP contribution in [0, 0.1) is 6.92 Å². The van der Waals surface area contributed by atoms with E-state index in [1.807, 2.05) is 0 Å². The highest BCUT2D eigenvalue weighted by atomic mass is 14.2. The molecule has 0 amide bonds. The first-order valence-electron chi connectivity index (χ1n) is 9.79. The molecule has 0 saturated carbocycles. The van der Waals surface area contributed by atoms with E-state index in [1.165, 1.54) is 50.1 Å². The molecule has 134 valence electrons. The van der Waals surface area contributed by atoms with Gasteiger partial charge in [-0.15, -0.1) is 0 Å². The first-order chi connectivity index (χ1) is 13.1. The molecule has 0 saturated heterocycles. The van der Waals surface area contributed by atoms with E-state index in [0.717, 1.165) is 19.3 Å². The molecule has 0 unspecified atom stereocenters. The molecule has 1 aliphatic rings. The fourth-order valence-corrected chi connectivity index (χ4v) is 3.85. The summed E-state index contributed by atoms with van der Waals surface area (Å²) < 4.78 is 0. The minimum Gasteiger partial charge on any atom is -0.0949 e. The third-order valence-electron chi connectivity index (χ3n) is 5.50. The van der Waals surface area contributed by atoms with E-state index >= 15 is 0 Å². The van der Waals surface area contributed by atoms with Crippen LogP contribution >= 0.6 is 0 Å². The van der Waals surface area contributed by atoms with Crippen molar-refractivity contribution in [3.8, 4) is 0 Å². The lowest BCUT2D eigenvalue weighted by atomic mass is 9.96. The van der Waals surface area contributed by atoms with Crippen LogP contribution in [0.4, 0.5) is 0 Å². The Morgan fingerprint density at radius 2 is 1.70 bits per heavy atom. The zero-order chi connectivity index (χ0) is 18.8. The summed E-state index contributed by atoms with van der Waals surface area (Å²) in [5.41, 5.74) is 12.0. The number of hydrogen-bond acceptors (Lipinski definition) is 0. The van der Waals surface area contributed by atoms with Crippen molar-refractivity contribution < 1.29 is 0 Å². The van der Waals surface area contributed by atoms with E-state index in [0.29, 0.717) is 0 Å². The summed E-state index contributed by atoms with van der Waals surface area (Å²) in [7, 11) is 0. The van der Waals surface area contributed by atoms with Gasteiger partial charge >= 0.3 is 0 Å². The molecule has 4 rings (SSSR count). The number of allylic oxidation sites excluding steroid dienone is 2. The van der Waals surface area contributed by atoms with E-state index in [4.69, 9.17) is 0 Å².